The molecule has 2 aromatic carbocycles. The third-order valence-corrected chi connectivity index (χ3v) is 3.25. The molecule has 1 heterocycles. The summed E-state index contributed by atoms with van der Waals surface area (Å²) in [6.07, 6.45) is 4.06. The van der Waals surface area contributed by atoms with E-state index in [1.165, 1.54) is 10.9 Å². The highest BCUT2D eigenvalue weighted by atomic mass is 14.7. The Hall–Kier alpha value is -2.61. The van der Waals surface area contributed by atoms with Gasteiger partial charge in [0, 0.05) is 11.1 Å². The molecule has 0 unspecified atom stereocenters. The normalized spacial score (nSPS) is 11.2. The fourth-order valence-corrected chi connectivity index (χ4v) is 2.14. The predicted molar refractivity (Wildman–Crippen MR) is 86.3 cm³/mol. The van der Waals surface area contributed by atoms with Crippen LogP contribution < -0.4 is 5.73 Å². The van der Waals surface area contributed by atoms with Crippen molar-refractivity contribution in [1.82, 2.24) is 4.98 Å². The fourth-order valence-electron chi connectivity index (χ4n) is 2.14. The van der Waals surface area contributed by atoms with Crippen LogP contribution in [0, 0.1) is 6.92 Å². The topological polar surface area (TPSA) is 38.9 Å². The van der Waals surface area contributed by atoms with Gasteiger partial charge in [-0.05, 0) is 48.9 Å². The first-order chi connectivity index (χ1) is 9.70. The summed E-state index contributed by atoms with van der Waals surface area (Å²) in [4.78, 5) is 4.64. The van der Waals surface area contributed by atoms with Crippen molar-refractivity contribution in [3.05, 3.63) is 71.4 Å². The Labute approximate surface area is 118 Å². The maximum atomic E-state index is 5.67. The van der Waals surface area contributed by atoms with Gasteiger partial charge in [0.05, 0.1) is 11.2 Å². The van der Waals surface area contributed by atoms with Gasteiger partial charge in [-0.1, -0.05) is 35.9 Å². The molecule has 0 amide bonds. The summed E-state index contributed by atoms with van der Waals surface area (Å²) in [5.41, 5.74) is 10.8. The van der Waals surface area contributed by atoms with Crippen LogP contribution in [-0.2, 0) is 0 Å². The van der Waals surface area contributed by atoms with E-state index in [0.29, 0.717) is 0 Å². The number of aryl methyl sites for hydroxylation is 1. The van der Waals surface area contributed by atoms with Crippen LogP contribution in [0.2, 0.25) is 0 Å². The second kappa shape index (κ2) is 5.17. The molecule has 0 bridgehead atoms. The molecule has 3 rings (SSSR count). The molecule has 0 radical (unpaired) electrons. The van der Waals surface area contributed by atoms with Crippen molar-refractivity contribution >= 4 is 28.7 Å². The zero-order chi connectivity index (χ0) is 13.9. The van der Waals surface area contributed by atoms with Gasteiger partial charge in [0.15, 0.2) is 0 Å². The van der Waals surface area contributed by atoms with E-state index in [1.807, 2.05) is 42.5 Å². The minimum atomic E-state index is 0.779. The monoisotopic (exact) mass is 260 g/mol. The van der Waals surface area contributed by atoms with Crippen molar-refractivity contribution in [3.63, 3.8) is 0 Å². The van der Waals surface area contributed by atoms with Crippen molar-refractivity contribution in [2.45, 2.75) is 6.92 Å². The Morgan fingerprint density at radius 2 is 1.70 bits per heavy atom. The van der Waals surface area contributed by atoms with Crippen LogP contribution in [0.25, 0.3) is 23.1 Å². The van der Waals surface area contributed by atoms with E-state index in [2.05, 4.69) is 36.2 Å². The highest BCUT2D eigenvalue weighted by molar-refractivity contribution is 5.81. The fraction of sp³-hybridized carbons (Fsp3) is 0.0556. The number of nitrogen functional groups attached to an aromatic ring is 1. The standard InChI is InChI=1S/C18H16N2/c1-13-2-11-18-15(12-13)6-10-17(20-18)9-5-14-3-7-16(19)8-4-14/h2-12H,19H2,1H3. The van der Waals surface area contributed by atoms with Crippen LogP contribution >= 0.6 is 0 Å². The number of aromatic nitrogens is 1. The molecule has 0 aliphatic rings. The maximum absolute atomic E-state index is 5.67. The molecule has 0 saturated carbocycles. The van der Waals surface area contributed by atoms with Crippen LogP contribution in [0.5, 0.6) is 0 Å². The van der Waals surface area contributed by atoms with E-state index in [9.17, 15) is 0 Å². The Morgan fingerprint density at radius 3 is 2.50 bits per heavy atom. The van der Waals surface area contributed by atoms with Crippen molar-refractivity contribution in [2.24, 2.45) is 0 Å². The molecule has 0 spiro atoms. The first kappa shape index (κ1) is 12.4. The van der Waals surface area contributed by atoms with Crippen LogP contribution in [-0.4, -0.2) is 4.98 Å². The summed E-state index contributed by atoms with van der Waals surface area (Å²) in [7, 11) is 0. The van der Waals surface area contributed by atoms with Gasteiger partial charge in [0.2, 0.25) is 0 Å². The highest BCUT2D eigenvalue weighted by Crippen LogP contribution is 2.16. The van der Waals surface area contributed by atoms with Gasteiger partial charge in [0.25, 0.3) is 0 Å². The van der Waals surface area contributed by atoms with Crippen LogP contribution in [0.1, 0.15) is 16.8 Å². The minimum absolute atomic E-state index is 0.779. The number of fused-ring (bicyclic) bond motifs is 1. The van der Waals surface area contributed by atoms with E-state index in [0.717, 1.165) is 22.5 Å². The summed E-state index contributed by atoms with van der Waals surface area (Å²) in [6, 6.07) is 18.2. The van der Waals surface area contributed by atoms with Crippen molar-refractivity contribution in [2.75, 3.05) is 5.73 Å². The molecule has 0 aliphatic carbocycles. The number of nitrogens with two attached hydrogens (primary N) is 1. The van der Waals surface area contributed by atoms with Crippen molar-refractivity contribution < 1.29 is 0 Å². The van der Waals surface area contributed by atoms with Gasteiger partial charge in [-0.15, -0.1) is 0 Å². The number of rotatable bonds is 2. The zero-order valence-electron chi connectivity index (χ0n) is 11.4. The second-order valence-corrected chi connectivity index (χ2v) is 4.93. The van der Waals surface area contributed by atoms with Crippen molar-refractivity contribution in [1.29, 1.82) is 0 Å². The average molecular weight is 260 g/mol. The van der Waals surface area contributed by atoms with E-state index in [4.69, 9.17) is 5.73 Å². The quantitative estimate of drug-likeness (QED) is 0.698. The van der Waals surface area contributed by atoms with Crippen LogP contribution in [0.4, 0.5) is 5.69 Å². The minimum Gasteiger partial charge on any atom is -0.399 e. The third-order valence-electron chi connectivity index (χ3n) is 3.25. The summed E-state index contributed by atoms with van der Waals surface area (Å²) >= 11 is 0. The molecule has 0 saturated heterocycles. The molecule has 2 nitrogen and oxygen atoms in total. The number of pyridine rings is 1. The van der Waals surface area contributed by atoms with E-state index < -0.39 is 0 Å². The van der Waals surface area contributed by atoms with Gasteiger partial charge in [-0.3, -0.25) is 0 Å². The summed E-state index contributed by atoms with van der Waals surface area (Å²) in [5, 5.41) is 1.18. The molecule has 3 aromatic rings. The number of benzene rings is 2. The number of anilines is 1. The largest absolute Gasteiger partial charge is 0.399 e. The lowest BCUT2D eigenvalue weighted by atomic mass is 10.1. The van der Waals surface area contributed by atoms with Crippen LogP contribution in [0.3, 0.4) is 0 Å². The zero-order valence-corrected chi connectivity index (χ0v) is 11.4. The van der Waals surface area contributed by atoms with Crippen molar-refractivity contribution in [3.8, 4) is 0 Å². The van der Waals surface area contributed by atoms with Gasteiger partial charge >= 0.3 is 0 Å². The molecule has 0 atom stereocenters. The van der Waals surface area contributed by atoms with E-state index in [1.54, 1.807) is 0 Å². The Bertz CT molecular complexity index is 771. The van der Waals surface area contributed by atoms with E-state index >= 15 is 0 Å². The lowest BCUT2D eigenvalue weighted by molar-refractivity contribution is 1.36. The lowest BCUT2D eigenvalue weighted by Gasteiger charge is -2.00. The molecule has 0 aliphatic heterocycles. The molecule has 98 valence electrons. The first-order valence-corrected chi connectivity index (χ1v) is 6.62. The number of hydrogen-bond donors (Lipinski definition) is 1. The highest BCUT2D eigenvalue weighted by Gasteiger charge is 1.96. The van der Waals surface area contributed by atoms with Crippen LogP contribution in [0.15, 0.2) is 54.6 Å². The smallest absolute Gasteiger partial charge is 0.0709 e. The molecule has 2 N–H and O–H groups in total. The average Bonchev–Trinajstić information content (AvgIpc) is 2.46. The number of hydrogen-bond acceptors (Lipinski definition) is 2. The lowest BCUT2D eigenvalue weighted by Crippen LogP contribution is -1.84. The van der Waals surface area contributed by atoms with Gasteiger partial charge in [-0.2, -0.15) is 0 Å². The predicted octanol–water partition coefficient (Wildman–Crippen LogP) is 4.30. The van der Waals surface area contributed by atoms with Gasteiger partial charge in [-0.25, -0.2) is 4.98 Å². The summed E-state index contributed by atoms with van der Waals surface area (Å²) in [5.74, 6) is 0. The second-order valence-electron chi connectivity index (χ2n) is 4.93. The van der Waals surface area contributed by atoms with Gasteiger partial charge in [0.1, 0.15) is 0 Å². The van der Waals surface area contributed by atoms with E-state index in [-0.39, 0.29) is 0 Å². The molecule has 0 fully saturated rings. The number of nitrogens with zero attached hydrogens (tertiary/aromatic N) is 1. The Morgan fingerprint density at radius 1 is 0.900 bits per heavy atom. The third kappa shape index (κ3) is 2.69. The van der Waals surface area contributed by atoms with Gasteiger partial charge < -0.3 is 5.73 Å². The first-order valence-electron chi connectivity index (χ1n) is 6.62. The Balaban J connectivity index is 1.90. The molecule has 1 aromatic heterocycles. The maximum Gasteiger partial charge on any atom is 0.0709 e. The Kier molecular flexibility index (Phi) is 3.21. The SMILES string of the molecule is Cc1ccc2nc(C=Cc3ccc(N)cc3)ccc2c1. The summed E-state index contributed by atoms with van der Waals surface area (Å²) in [6.45, 7) is 2.09. The molecule has 20 heavy (non-hydrogen) atoms. The molecular formula is C18H16N2. The molecule has 2 heteroatoms. The summed E-state index contributed by atoms with van der Waals surface area (Å²) < 4.78 is 0. The molecular weight excluding hydrogens is 244 g/mol.